The summed E-state index contributed by atoms with van der Waals surface area (Å²) in [5.41, 5.74) is 0.638. The fourth-order valence-corrected chi connectivity index (χ4v) is 2.51. The van der Waals surface area contributed by atoms with Crippen molar-refractivity contribution in [3.05, 3.63) is 30.1 Å². The lowest BCUT2D eigenvalue weighted by atomic mass is 9.86. The first-order chi connectivity index (χ1) is 9.13. The molecule has 0 bridgehead atoms. The number of piperidine rings is 1. The van der Waals surface area contributed by atoms with Crippen molar-refractivity contribution in [1.82, 2.24) is 9.88 Å². The molecule has 0 N–H and O–H groups in total. The zero-order valence-electron chi connectivity index (χ0n) is 11.2. The summed E-state index contributed by atoms with van der Waals surface area (Å²) in [4.78, 5) is 29.6. The van der Waals surface area contributed by atoms with E-state index in [0.29, 0.717) is 25.1 Å². The van der Waals surface area contributed by atoms with E-state index < -0.39 is 0 Å². The number of likely N-dealkylation sites (tertiary alicyclic amines) is 1. The molecular formula is C14H18N2O3. The van der Waals surface area contributed by atoms with E-state index in [9.17, 15) is 9.59 Å². The molecule has 1 aliphatic rings. The lowest BCUT2D eigenvalue weighted by Crippen LogP contribution is -2.45. The van der Waals surface area contributed by atoms with Gasteiger partial charge in [0.05, 0.1) is 13.0 Å². The minimum absolute atomic E-state index is 0.00225. The predicted octanol–water partition coefficient (Wildman–Crippen LogP) is 1.35. The molecule has 1 fully saturated rings. The highest BCUT2D eigenvalue weighted by Crippen LogP contribution is 2.25. The molecule has 5 heteroatoms. The third-order valence-electron chi connectivity index (χ3n) is 3.62. The van der Waals surface area contributed by atoms with Crippen LogP contribution in [0.5, 0.6) is 0 Å². The lowest BCUT2D eigenvalue weighted by molar-refractivity contribution is -0.148. The average molecular weight is 262 g/mol. The standard InChI is InChI=1S/C14H18N2O3/c1-10-9-16(8-5-12(10)14(18)19-2)13(17)11-3-6-15-7-4-11/h3-4,6-7,10,12H,5,8-9H2,1-2H3/t10-,12-/m1/s1. The van der Waals surface area contributed by atoms with Gasteiger partial charge in [0.1, 0.15) is 0 Å². The van der Waals surface area contributed by atoms with Crippen molar-refractivity contribution >= 4 is 11.9 Å². The van der Waals surface area contributed by atoms with Crippen LogP contribution in [0.3, 0.4) is 0 Å². The summed E-state index contributed by atoms with van der Waals surface area (Å²) < 4.78 is 4.79. The van der Waals surface area contributed by atoms with Crippen LogP contribution in [0.1, 0.15) is 23.7 Å². The van der Waals surface area contributed by atoms with Gasteiger partial charge in [-0.25, -0.2) is 0 Å². The van der Waals surface area contributed by atoms with Crippen LogP contribution in [0.4, 0.5) is 0 Å². The van der Waals surface area contributed by atoms with Crippen molar-refractivity contribution in [2.45, 2.75) is 13.3 Å². The molecule has 102 valence electrons. The number of rotatable bonds is 2. The maximum absolute atomic E-state index is 12.3. The second-order valence-corrected chi connectivity index (χ2v) is 4.88. The Balaban J connectivity index is 2.02. The van der Waals surface area contributed by atoms with Crippen molar-refractivity contribution < 1.29 is 14.3 Å². The quantitative estimate of drug-likeness (QED) is 0.755. The highest BCUT2D eigenvalue weighted by molar-refractivity contribution is 5.94. The fraction of sp³-hybridized carbons (Fsp3) is 0.500. The van der Waals surface area contributed by atoms with Crippen LogP contribution in [-0.2, 0) is 9.53 Å². The Labute approximate surface area is 112 Å². The first-order valence-electron chi connectivity index (χ1n) is 6.40. The van der Waals surface area contributed by atoms with Crippen LogP contribution >= 0.6 is 0 Å². The number of hydrogen-bond donors (Lipinski definition) is 0. The van der Waals surface area contributed by atoms with Crippen molar-refractivity contribution in [3.63, 3.8) is 0 Å². The van der Waals surface area contributed by atoms with Gasteiger partial charge in [0.15, 0.2) is 0 Å². The van der Waals surface area contributed by atoms with Crippen molar-refractivity contribution in [3.8, 4) is 0 Å². The monoisotopic (exact) mass is 262 g/mol. The van der Waals surface area contributed by atoms with Crippen LogP contribution in [-0.4, -0.2) is 42.0 Å². The molecule has 2 atom stereocenters. The SMILES string of the molecule is COC(=O)[C@@H]1CCN(C(=O)c2ccncc2)C[C@H]1C. The summed E-state index contributed by atoms with van der Waals surface area (Å²) in [5.74, 6) is -0.167. The first kappa shape index (κ1) is 13.5. The van der Waals surface area contributed by atoms with Gasteiger partial charge in [0.25, 0.3) is 5.91 Å². The minimum atomic E-state index is -0.177. The molecule has 0 unspecified atom stereocenters. The van der Waals surface area contributed by atoms with E-state index in [2.05, 4.69) is 4.98 Å². The lowest BCUT2D eigenvalue weighted by Gasteiger charge is -2.35. The number of pyridine rings is 1. The number of carbonyl (C=O) groups excluding carboxylic acids is 2. The molecular weight excluding hydrogens is 244 g/mol. The van der Waals surface area contributed by atoms with Crippen LogP contribution in [0, 0.1) is 11.8 Å². The molecule has 5 nitrogen and oxygen atoms in total. The summed E-state index contributed by atoms with van der Waals surface area (Å²) in [6.07, 6.45) is 3.88. The number of hydrogen-bond acceptors (Lipinski definition) is 4. The Morgan fingerprint density at radius 2 is 2.05 bits per heavy atom. The first-order valence-corrected chi connectivity index (χ1v) is 6.40. The molecule has 2 heterocycles. The molecule has 1 amide bonds. The van der Waals surface area contributed by atoms with Gasteiger partial charge in [-0.05, 0) is 24.5 Å². The van der Waals surface area contributed by atoms with Gasteiger partial charge in [-0.2, -0.15) is 0 Å². The summed E-state index contributed by atoms with van der Waals surface area (Å²) >= 11 is 0. The summed E-state index contributed by atoms with van der Waals surface area (Å²) in [6.45, 7) is 3.15. The van der Waals surface area contributed by atoms with Crippen LogP contribution in [0.15, 0.2) is 24.5 Å². The summed E-state index contributed by atoms with van der Waals surface area (Å²) in [7, 11) is 1.41. The molecule has 1 aromatic rings. The summed E-state index contributed by atoms with van der Waals surface area (Å²) in [5, 5.41) is 0. The third kappa shape index (κ3) is 2.92. The van der Waals surface area contributed by atoms with E-state index in [4.69, 9.17) is 4.74 Å². The topological polar surface area (TPSA) is 59.5 Å². The number of nitrogens with zero attached hydrogens (tertiary/aromatic N) is 2. The van der Waals surface area contributed by atoms with Gasteiger partial charge in [0.2, 0.25) is 0 Å². The van der Waals surface area contributed by atoms with Gasteiger partial charge < -0.3 is 9.64 Å². The highest BCUT2D eigenvalue weighted by Gasteiger charge is 2.33. The predicted molar refractivity (Wildman–Crippen MR) is 69.4 cm³/mol. The molecule has 2 rings (SSSR count). The Morgan fingerprint density at radius 3 is 2.63 bits per heavy atom. The van der Waals surface area contributed by atoms with Crippen LogP contribution in [0.2, 0.25) is 0 Å². The number of ether oxygens (including phenoxy) is 1. The maximum atomic E-state index is 12.3. The highest BCUT2D eigenvalue weighted by atomic mass is 16.5. The van der Waals surface area contributed by atoms with Crippen LogP contribution in [0.25, 0.3) is 0 Å². The second kappa shape index (κ2) is 5.82. The fourth-order valence-electron chi connectivity index (χ4n) is 2.51. The number of methoxy groups -OCH3 is 1. The molecule has 0 saturated carbocycles. The largest absolute Gasteiger partial charge is 0.469 e. The zero-order valence-corrected chi connectivity index (χ0v) is 11.2. The number of esters is 1. The maximum Gasteiger partial charge on any atom is 0.309 e. The van der Waals surface area contributed by atoms with E-state index in [-0.39, 0.29) is 23.7 Å². The van der Waals surface area contributed by atoms with Crippen molar-refractivity contribution in [1.29, 1.82) is 0 Å². The molecule has 19 heavy (non-hydrogen) atoms. The molecule has 0 aliphatic carbocycles. The second-order valence-electron chi connectivity index (χ2n) is 4.88. The normalized spacial score (nSPS) is 22.9. The Morgan fingerprint density at radius 1 is 1.37 bits per heavy atom. The van der Waals surface area contributed by atoms with E-state index in [0.717, 1.165) is 0 Å². The molecule has 1 aliphatic heterocycles. The molecule has 1 saturated heterocycles. The van der Waals surface area contributed by atoms with Crippen molar-refractivity contribution in [2.75, 3.05) is 20.2 Å². The average Bonchev–Trinajstić information content (AvgIpc) is 2.46. The van der Waals surface area contributed by atoms with E-state index in [1.807, 2.05) is 6.92 Å². The van der Waals surface area contributed by atoms with Gasteiger partial charge in [-0.1, -0.05) is 6.92 Å². The Kier molecular flexibility index (Phi) is 4.14. The smallest absolute Gasteiger partial charge is 0.309 e. The Bertz CT molecular complexity index is 461. The molecule has 0 radical (unpaired) electrons. The van der Waals surface area contributed by atoms with Crippen LogP contribution < -0.4 is 0 Å². The third-order valence-corrected chi connectivity index (χ3v) is 3.62. The molecule has 0 aromatic carbocycles. The Hall–Kier alpha value is -1.91. The van der Waals surface area contributed by atoms with Gasteiger partial charge >= 0.3 is 5.97 Å². The number of carbonyl (C=O) groups is 2. The molecule has 1 aromatic heterocycles. The van der Waals surface area contributed by atoms with E-state index in [1.54, 1.807) is 29.4 Å². The summed E-state index contributed by atoms with van der Waals surface area (Å²) in [6, 6.07) is 3.42. The van der Waals surface area contributed by atoms with E-state index >= 15 is 0 Å². The number of aromatic nitrogens is 1. The van der Waals surface area contributed by atoms with Gasteiger partial charge in [-0.3, -0.25) is 14.6 Å². The van der Waals surface area contributed by atoms with E-state index in [1.165, 1.54) is 7.11 Å². The van der Waals surface area contributed by atoms with Crippen molar-refractivity contribution in [2.24, 2.45) is 11.8 Å². The number of amides is 1. The van der Waals surface area contributed by atoms with Gasteiger partial charge in [-0.15, -0.1) is 0 Å². The van der Waals surface area contributed by atoms with Gasteiger partial charge in [0, 0.05) is 31.0 Å². The minimum Gasteiger partial charge on any atom is -0.469 e. The zero-order chi connectivity index (χ0) is 13.8. The molecule has 0 spiro atoms.